The molecule has 1 fully saturated rings. The molecule has 5 nitrogen and oxygen atoms in total. The fourth-order valence-corrected chi connectivity index (χ4v) is 5.61. The molecule has 0 saturated heterocycles. The van der Waals surface area contributed by atoms with Crippen LogP contribution in [0.3, 0.4) is 0 Å². The van der Waals surface area contributed by atoms with Gasteiger partial charge in [0.25, 0.3) is 5.91 Å². The number of benzene rings is 3. The number of halogens is 2. The molecule has 0 radical (unpaired) electrons. The van der Waals surface area contributed by atoms with Crippen molar-refractivity contribution in [2.75, 3.05) is 6.61 Å². The highest BCUT2D eigenvalue weighted by atomic mass is 79.9. The van der Waals surface area contributed by atoms with Crippen LogP contribution < -0.4 is 10.1 Å². The van der Waals surface area contributed by atoms with E-state index in [9.17, 15) is 14.0 Å². The van der Waals surface area contributed by atoms with Gasteiger partial charge in [-0.1, -0.05) is 81.6 Å². The summed E-state index contributed by atoms with van der Waals surface area (Å²) in [5.74, 6) is 0.0819. The van der Waals surface area contributed by atoms with Gasteiger partial charge >= 0.3 is 0 Å². The predicted molar refractivity (Wildman–Crippen MR) is 160 cm³/mol. The molecule has 0 aliphatic heterocycles. The summed E-state index contributed by atoms with van der Waals surface area (Å²) in [4.78, 5) is 29.2. The van der Waals surface area contributed by atoms with Crippen molar-refractivity contribution in [3.05, 3.63) is 99.8 Å². The van der Waals surface area contributed by atoms with Crippen molar-refractivity contribution < 1.29 is 18.7 Å². The van der Waals surface area contributed by atoms with E-state index in [0.29, 0.717) is 18.1 Å². The van der Waals surface area contributed by atoms with E-state index in [1.165, 1.54) is 18.6 Å². The molecule has 0 heterocycles. The Morgan fingerprint density at radius 3 is 2.33 bits per heavy atom. The molecule has 0 bridgehead atoms. The SMILES string of the molecule is CC(C)c1ccc(OCC(=O)N(Cc2ccc(F)cc2)[C@@H](Cc2ccccc2)C(=O)NC2CCCCC2)c(Br)c1. The molecule has 40 heavy (non-hydrogen) atoms. The minimum absolute atomic E-state index is 0.106. The number of carbonyl (C=O) groups is 2. The quantitative estimate of drug-likeness (QED) is 0.251. The highest BCUT2D eigenvalue weighted by Gasteiger charge is 2.32. The van der Waals surface area contributed by atoms with E-state index in [1.807, 2.05) is 48.5 Å². The molecule has 1 aliphatic rings. The minimum Gasteiger partial charge on any atom is -0.483 e. The monoisotopic (exact) mass is 608 g/mol. The molecule has 4 rings (SSSR count). The van der Waals surface area contributed by atoms with Crippen molar-refractivity contribution in [2.24, 2.45) is 0 Å². The highest BCUT2D eigenvalue weighted by Crippen LogP contribution is 2.29. The lowest BCUT2D eigenvalue weighted by Crippen LogP contribution is -2.53. The van der Waals surface area contributed by atoms with Crippen LogP contribution in [-0.2, 0) is 22.6 Å². The summed E-state index contributed by atoms with van der Waals surface area (Å²) in [6.45, 7) is 4.16. The molecule has 0 aromatic heterocycles. The molecule has 1 saturated carbocycles. The minimum atomic E-state index is -0.753. The second-order valence-corrected chi connectivity index (χ2v) is 11.7. The molecule has 1 aliphatic carbocycles. The van der Waals surface area contributed by atoms with Crippen LogP contribution in [0.2, 0.25) is 0 Å². The van der Waals surface area contributed by atoms with Gasteiger partial charge in [-0.25, -0.2) is 4.39 Å². The number of hydrogen-bond donors (Lipinski definition) is 1. The zero-order valence-electron chi connectivity index (χ0n) is 23.2. The fraction of sp³-hybridized carbons (Fsp3) is 0.394. The van der Waals surface area contributed by atoms with Crippen LogP contribution in [-0.4, -0.2) is 35.4 Å². The molecule has 0 unspecified atom stereocenters. The molecule has 2 amide bonds. The van der Waals surface area contributed by atoms with Gasteiger partial charge in [0.2, 0.25) is 5.91 Å². The Hall–Kier alpha value is -3.19. The Morgan fingerprint density at radius 2 is 1.68 bits per heavy atom. The second kappa shape index (κ2) is 14.4. The highest BCUT2D eigenvalue weighted by molar-refractivity contribution is 9.10. The predicted octanol–water partition coefficient (Wildman–Crippen LogP) is 7.18. The lowest BCUT2D eigenvalue weighted by molar-refractivity contribution is -0.143. The first kappa shape index (κ1) is 29.8. The molecule has 3 aromatic carbocycles. The van der Waals surface area contributed by atoms with E-state index in [0.717, 1.165) is 46.8 Å². The maximum absolute atomic E-state index is 13.8. The zero-order chi connectivity index (χ0) is 28.5. The normalized spacial score (nSPS) is 14.5. The van der Waals surface area contributed by atoms with Crippen LogP contribution in [0.25, 0.3) is 0 Å². The second-order valence-electron chi connectivity index (χ2n) is 10.8. The first-order valence-corrected chi connectivity index (χ1v) is 14.9. The van der Waals surface area contributed by atoms with Gasteiger partial charge in [-0.15, -0.1) is 0 Å². The van der Waals surface area contributed by atoms with E-state index >= 15 is 0 Å². The number of rotatable bonds is 11. The molecule has 1 N–H and O–H groups in total. The van der Waals surface area contributed by atoms with Gasteiger partial charge in [0.05, 0.1) is 4.47 Å². The Morgan fingerprint density at radius 1 is 0.975 bits per heavy atom. The summed E-state index contributed by atoms with van der Waals surface area (Å²) in [6, 6.07) is 20.9. The van der Waals surface area contributed by atoms with E-state index in [4.69, 9.17) is 4.74 Å². The summed E-state index contributed by atoms with van der Waals surface area (Å²) in [5, 5.41) is 3.23. The van der Waals surface area contributed by atoms with Gasteiger partial charge in [0.1, 0.15) is 17.6 Å². The molecule has 0 spiro atoms. The van der Waals surface area contributed by atoms with Gasteiger partial charge in [-0.2, -0.15) is 0 Å². The smallest absolute Gasteiger partial charge is 0.261 e. The first-order chi connectivity index (χ1) is 19.3. The molecule has 212 valence electrons. The van der Waals surface area contributed by atoms with Crippen LogP contribution >= 0.6 is 15.9 Å². The largest absolute Gasteiger partial charge is 0.483 e. The summed E-state index contributed by atoms with van der Waals surface area (Å²) in [7, 11) is 0. The maximum Gasteiger partial charge on any atom is 0.261 e. The van der Waals surface area contributed by atoms with Crippen molar-refractivity contribution in [2.45, 2.75) is 76.9 Å². The molecule has 3 aromatic rings. The van der Waals surface area contributed by atoms with Gasteiger partial charge in [-0.3, -0.25) is 9.59 Å². The van der Waals surface area contributed by atoms with Crippen molar-refractivity contribution in [1.82, 2.24) is 10.2 Å². The Kier molecular flexibility index (Phi) is 10.8. The van der Waals surface area contributed by atoms with Gasteiger partial charge < -0.3 is 15.0 Å². The Bertz CT molecular complexity index is 1260. The topological polar surface area (TPSA) is 58.6 Å². The van der Waals surface area contributed by atoms with E-state index < -0.39 is 6.04 Å². The maximum atomic E-state index is 13.8. The number of nitrogens with one attached hydrogen (secondary N) is 1. The van der Waals surface area contributed by atoms with Crippen molar-refractivity contribution >= 4 is 27.7 Å². The number of ether oxygens (including phenoxy) is 1. The average molecular weight is 610 g/mol. The Balaban J connectivity index is 1.60. The lowest BCUT2D eigenvalue weighted by Gasteiger charge is -2.33. The van der Waals surface area contributed by atoms with Crippen LogP contribution in [0.5, 0.6) is 5.75 Å². The summed E-state index contributed by atoms with van der Waals surface area (Å²) in [6.07, 6.45) is 5.60. The zero-order valence-corrected chi connectivity index (χ0v) is 24.8. The molecular weight excluding hydrogens is 571 g/mol. The lowest BCUT2D eigenvalue weighted by atomic mass is 9.94. The molecule has 1 atom stereocenters. The molecular formula is C33H38BrFN2O3. The summed E-state index contributed by atoms with van der Waals surface area (Å²) in [5.41, 5.74) is 2.85. The number of carbonyl (C=O) groups excluding carboxylic acids is 2. The fourth-order valence-electron chi connectivity index (χ4n) is 5.10. The van der Waals surface area contributed by atoms with E-state index in [1.54, 1.807) is 17.0 Å². The van der Waals surface area contributed by atoms with Crippen LogP contribution in [0.15, 0.2) is 77.3 Å². The van der Waals surface area contributed by atoms with Crippen LogP contribution in [0.1, 0.15) is 68.6 Å². The standard InChI is InChI=1S/C33H38BrFN2O3/c1-23(2)26-15-18-31(29(34)20-26)40-22-32(38)37(21-25-13-16-27(35)17-14-25)30(19-24-9-5-3-6-10-24)33(39)36-28-11-7-4-8-12-28/h3,5-6,9-10,13-18,20,23,28,30H,4,7-8,11-12,19,21-22H2,1-2H3,(H,36,39)/t30-/m0/s1. The van der Waals surface area contributed by atoms with E-state index in [2.05, 4.69) is 35.1 Å². The summed E-state index contributed by atoms with van der Waals surface area (Å²) < 4.78 is 20.4. The number of hydrogen-bond acceptors (Lipinski definition) is 3. The van der Waals surface area contributed by atoms with Crippen LogP contribution in [0, 0.1) is 5.82 Å². The third-order valence-electron chi connectivity index (χ3n) is 7.46. The van der Waals surface area contributed by atoms with Crippen LogP contribution in [0.4, 0.5) is 4.39 Å². The van der Waals surface area contributed by atoms with Gasteiger partial charge in [0.15, 0.2) is 6.61 Å². The Labute approximate surface area is 245 Å². The van der Waals surface area contributed by atoms with Crippen molar-refractivity contribution in [1.29, 1.82) is 0 Å². The third kappa shape index (κ3) is 8.40. The van der Waals surface area contributed by atoms with Gasteiger partial charge in [-0.05, 0) is 75.6 Å². The average Bonchev–Trinajstić information content (AvgIpc) is 2.96. The van der Waals surface area contributed by atoms with Crippen molar-refractivity contribution in [3.63, 3.8) is 0 Å². The van der Waals surface area contributed by atoms with Crippen molar-refractivity contribution in [3.8, 4) is 5.75 Å². The molecule has 7 heteroatoms. The number of nitrogens with zero attached hydrogens (tertiary/aromatic N) is 1. The third-order valence-corrected chi connectivity index (χ3v) is 8.08. The number of amides is 2. The van der Waals surface area contributed by atoms with E-state index in [-0.39, 0.29) is 36.8 Å². The first-order valence-electron chi connectivity index (χ1n) is 14.1. The van der Waals surface area contributed by atoms with Gasteiger partial charge in [0, 0.05) is 19.0 Å². The summed E-state index contributed by atoms with van der Waals surface area (Å²) >= 11 is 3.57.